The van der Waals surface area contributed by atoms with Gasteiger partial charge in [-0.25, -0.2) is 4.79 Å². The fourth-order valence-electron chi connectivity index (χ4n) is 1.69. The molecule has 1 aromatic rings. The molecular weight excluding hydrogens is 188 g/mol. The van der Waals surface area contributed by atoms with Crippen LogP contribution in [0.5, 0.6) is 0 Å². The lowest BCUT2D eigenvalue weighted by molar-refractivity contribution is 0.0696. The standard InChI is InChI=1S/C13H18O2/c1-9-7-10(8-13(2,3)4)5-6-11(9)12(14)15/h5-7H,8H2,1-4H3,(H,14,15). The van der Waals surface area contributed by atoms with Gasteiger partial charge in [0.15, 0.2) is 0 Å². The van der Waals surface area contributed by atoms with Gasteiger partial charge in [-0.1, -0.05) is 32.9 Å². The van der Waals surface area contributed by atoms with Crippen molar-refractivity contribution in [3.05, 3.63) is 34.9 Å². The highest BCUT2D eigenvalue weighted by Crippen LogP contribution is 2.22. The number of aryl methyl sites for hydroxylation is 1. The third-order valence-electron chi connectivity index (χ3n) is 2.26. The zero-order valence-electron chi connectivity index (χ0n) is 9.79. The van der Waals surface area contributed by atoms with Crippen LogP contribution in [0.2, 0.25) is 0 Å². The Balaban J connectivity index is 2.97. The van der Waals surface area contributed by atoms with Crippen molar-refractivity contribution in [3.63, 3.8) is 0 Å². The van der Waals surface area contributed by atoms with E-state index in [1.54, 1.807) is 6.07 Å². The van der Waals surface area contributed by atoms with Crippen LogP contribution in [0.3, 0.4) is 0 Å². The molecule has 15 heavy (non-hydrogen) atoms. The molecule has 0 heterocycles. The van der Waals surface area contributed by atoms with Crippen molar-refractivity contribution < 1.29 is 9.90 Å². The van der Waals surface area contributed by atoms with Gasteiger partial charge in [-0.05, 0) is 36.0 Å². The lowest BCUT2D eigenvalue weighted by atomic mass is 9.87. The molecule has 0 bridgehead atoms. The van der Waals surface area contributed by atoms with Gasteiger partial charge in [0.25, 0.3) is 0 Å². The minimum atomic E-state index is -0.852. The van der Waals surface area contributed by atoms with Crippen LogP contribution in [0.15, 0.2) is 18.2 Å². The van der Waals surface area contributed by atoms with Crippen molar-refractivity contribution in [2.75, 3.05) is 0 Å². The summed E-state index contributed by atoms with van der Waals surface area (Å²) in [5.41, 5.74) is 2.67. The molecule has 0 aromatic heterocycles. The molecule has 0 aliphatic rings. The Hall–Kier alpha value is -1.31. The number of carboxylic acid groups (broad SMARTS) is 1. The average Bonchev–Trinajstić information content (AvgIpc) is 1.99. The molecule has 0 radical (unpaired) electrons. The van der Waals surface area contributed by atoms with E-state index in [0.29, 0.717) is 5.56 Å². The van der Waals surface area contributed by atoms with Crippen molar-refractivity contribution in [1.82, 2.24) is 0 Å². The van der Waals surface area contributed by atoms with E-state index >= 15 is 0 Å². The van der Waals surface area contributed by atoms with Crippen LogP contribution in [0, 0.1) is 12.3 Å². The van der Waals surface area contributed by atoms with E-state index in [4.69, 9.17) is 5.11 Å². The van der Waals surface area contributed by atoms with Crippen LogP contribution in [0.25, 0.3) is 0 Å². The minimum Gasteiger partial charge on any atom is -0.478 e. The van der Waals surface area contributed by atoms with Crippen LogP contribution in [0.1, 0.15) is 42.3 Å². The Labute approximate surface area is 90.9 Å². The maximum atomic E-state index is 10.8. The number of hydrogen-bond donors (Lipinski definition) is 1. The molecular formula is C13H18O2. The molecule has 0 aliphatic heterocycles. The Bertz CT molecular complexity index is 373. The Kier molecular flexibility index (Phi) is 3.18. The van der Waals surface area contributed by atoms with Gasteiger partial charge in [-0.3, -0.25) is 0 Å². The van der Waals surface area contributed by atoms with E-state index in [1.807, 2.05) is 19.1 Å². The fraction of sp³-hybridized carbons (Fsp3) is 0.462. The van der Waals surface area contributed by atoms with Crippen LogP contribution in [-0.4, -0.2) is 11.1 Å². The molecule has 0 spiro atoms. The van der Waals surface area contributed by atoms with Crippen molar-refractivity contribution in [1.29, 1.82) is 0 Å². The molecule has 2 heteroatoms. The number of carbonyl (C=O) groups is 1. The minimum absolute atomic E-state index is 0.233. The number of rotatable bonds is 2. The zero-order chi connectivity index (χ0) is 11.6. The van der Waals surface area contributed by atoms with Gasteiger partial charge in [-0.15, -0.1) is 0 Å². The van der Waals surface area contributed by atoms with E-state index in [-0.39, 0.29) is 5.41 Å². The molecule has 1 aromatic carbocycles. The highest BCUT2D eigenvalue weighted by Gasteiger charge is 2.13. The number of carboxylic acids is 1. The molecule has 0 saturated carbocycles. The summed E-state index contributed by atoms with van der Waals surface area (Å²) in [6.45, 7) is 8.37. The third-order valence-corrected chi connectivity index (χ3v) is 2.26. The van der Waals surface area contributed by atoms with Gasteiger partial charge in [0.05, 0.1) is 5.56 Å². The van der Waals surface area contributed by atoms with Gasteiger partial charge < -0.3 is 5.11 Å². The van der Waals surface area contributed by atoms with Crippen LogP contribution >= 0.6 is 0 Å². The first-order valence-electron chi connectivity index (χ1n) is 5.12. The maximum Gasteiger partial charge on any atom is 0.335 e. The zero-order valence-corrected chi connectivity index (χ0v) is 9.79. The van der Waals surface area contributed by atoms with Gasteiger partial charge in [0, 0.05) is 0 Å². The molecule has 1 N–H and O–H groups in total. The van der Waals surface area contributed by atoms with E-state index in [1.165, 1.54) is 5.56 Å². The summed E-state index contributed by atoms with van der Waals surface area (Å²) in [5.74, 6) is -0.852. The summed E-state index contributed by atoms with van der Waals surface area (Å²) in [7, 11) is 0. The fourth-order valence-corrected chi connectivity index (χ4v) is 1.69. The summed E-state index contributed by atoms with van der Waals surface area (Å²) in [6.07, 6.45) is 0.966. The number of benzene rings is 1. The predicted octanol–water partition coefficient (Wildman–Crippen LogP) is 3.28. The number of aromatic carboxylic acids is 1. The normalized spacial score (nSPS) is 11.5. The average molecular weight is 206 g/mol. The molecule has 0 fully saturated rings. The second kappa shape index (κ2) is 4.05. The Morgan fingerprint density at radius 3 is 2.33 bits per heavy atom. The molecule has 1 rings (SSSR count). The lowest BCUT2D eigenvalue weighted by Crippen LogP contribution is -2.10. The first-order chi connectivity index (χ1) is 6.79. The molecule has 82 valence electrons. The Morgan fingerprint density at radius 1 is 1.33 bits per heavy atom. The van der Waals surface area contributed by atoms with Gasteiger partial charge in [0.1, 0.15) is 0 Å². The molecule has 0 aliphatic carbocycles. The topological polar surface area (TPSA) is 37.3 Å². The smallest absolute Gasteiger partial charge is 0.335 e. The quantitative estimate of drug-likeness (QED) is 0.806. The molecule has 0 unspecified atom stereocenters. The summed E-state index contributed by atoms with van der Waals surface area (Å²) in [4.78, 5) is 10.8. The Morgan fingerprint density at radius 2 is 1.93 bits per heavy atom. The largest absolute Gasteiger partial charge is 0.478 e. The van der Waals surface area contributed by atoms with Crippen molar-refractivity contribution in [2.45, 2.75) is 34.1 Å². The molecule has 2 nitrogen and oxygen atoms in total. The molecule has 0 saturated heterocycles. The molecule has 0 atom stereocenters. The monoisotopic (exact) mass is 206 g/mol. The summed E-state index contributed by atoms with van der Waals surface area (Å²) in [5, 5.41) is 8.89. The highest BCUT2D eigenvalue weighted by atomic mass is 16.4. The predicted molar refractivity (Wildman–Crippen MR) is 61.3 cm³/mol. The van der Waals surface area contributed by atoms with E-state index < -0.39 is 5.97 Å². The molecule has 0 amide bonds. The summed E-state index contributed by atoms with van der Waals surface area (Å²) < 4.78 is 0. The van der Waals surface area contributed by atoms with Crippen LogP contribution in [0.4, 0.5) is 0 Å². The second-order valence-corrected chi connectivity index (χ2v) is 5.19. The lowest BCUT2D eigenvalue weighted by Gasteiger charge is -2.18. The summed E-state index contributed by atoms with van der Waals surface area (Å²) >= 11 is 0. The highest BCUT2D eigenvalue weighted by molar-refractivity contribution is 5.89. The van der Waals surface area contributed by atoms with Crippen LogP contribution < -0.4 is 0 Å². The van der Waals surface area contributed by atoms with Gasteiger partial charge in [-0.2, -0.15) is 0 Å². The van der Waals surface area contributed by atoms with Gasteiger partial charge in [0.2, 0.25) is 0 Å². The maximum absolute atomic E-state index is 10.8. The SMILES string of the molecule is Cc1cc(CC(C)(C)C)ccc1C(=O)O. The summed E-state index contributed by atoms with van der Waals surface area (Å²) in [6, 6.07) is 5.56. The third kappa shape index (κ3) is 3.39. The van der Waals surface area contributed by atoms with Crippen molar-refractivity contribution in [2.24, 2.45) is 5.41 Å². The first-order valence-corrected chi connectivity index (χ1v) is 5.12. The van der Waals surface area contributed by atoms with Gasteiger partial charge >= 0.3 is 5.97 Å². The van der Waals surface area contributed by atoms with E-state index in [0.717, 1.165) is 12.0 Å². The van der Waals surface area contributed by atoms with Crippen LogP contribution in [-0.2, 0) is 6.42 Å². The van der Waals surface area contributed by atoms with E-state index in [9.17, 15) is 4.79 Å². The first kappa shape index (κ1) is 11.8. The van der Waals surface area contributed by atoms with E-state index in [2.05, 4.69) is 20.8 Å². The number of hydrogen-bond acceptors (Lipinski definition) is 1. The van der Waals surface area contributed by atoms with Crippen molar-refractivity contribution in [3.8, 4) is 0 Å². The second-order valence-electron chi connectivity index (χ2n) is 5.19. The van der Waals surface area contributed by atoms with Crippen molar-refractivity contribution >= 4 is 5.97 Å².